The second-order valence-electron chi connectivity index (χ2n) is 7.60. The molecule has 27 heavy (non-hydrogen) atoms. The SMILES string of the molecule is CCNC(=NCC(C)(O)c1cc(C)oc1C)NCCN1CCCCC1C.I. The van der Waals surface area contributed by atoms with Crippen LogP contribution >= 0.6 is 24.0 Å². The molecule has 7 heteroatoms. The maximum Gasteiger partial charge on any atom is 0.191 e. The molecule has 2 unspecified atom stereocenters. The van der Waals surface area contributed by atoms with Crippen LogP contribution in [0.5, 0.6) is 0 Å². The van der Waals surface area contributed by atoms with Gasteiger partial charge in [-0.15, -0.1) is 24.0 Å². The van der Waals surface area contributed by atoms with Crippen LogP contribution in [0.15, 0.2) is 15.5 Å². The van der Waals surface area contributed by atoms with E-state index in [0.29, 0.717) is 6.04 Å². The summed E-state index contributed by atoms with van der Waals surface area (Å²) in [5, 5.41) is 17.5. The molecule has 6 nitrogen and oxygen atoms in total. The highest BCUT2D eigenvalue weighted by molar-refractivity contribution is 14.0. The second-order valence-corrected chi connectivity index (χ2v) is 7.60. The van der Waals surface area contributed by atoms with Gasteiger partial charge in [-0.25, -0.2) is 4.99 Å². The average molecular weight is 492 g/mol. The minimum atomic E-state index is -1.05. The number of piperidine rings is 1. The number of likely N-dealkylation sites (tertiary alicyclic amines) is 1. The summed E-state index contributed by atoms with van der Waals surface area (Å²) < 4.78 is 5.55. The van der Waals surface area contributed by atoms with Gasteiger partial charge in [0, 0.05) is 31.2 Å². The minimum Gasteiger partial charge on any atom is -0.466 e. The summed E-state index contributed by atoms with van der Waals surface area (Å²) in [5.74, 6) is 2.30. The quantitative estimate of drug-likeness (QED) is 0.310. The predicted octanol–water partition coefficient (Wildman–Crippen LogP) is 3.15. The van der Waals surface area contributed by atoms with Gasteiger partial charge in [-0.3, -0.25) is 4.90 Å². The third kappa shape index (κ3) is 7.27. The smallest absolute Gasteiger partial charge is 0.191 e. The van der Waals surface area contributed by atoms with Gasteiger partial charge in [0.2, 0.25) is 0 Å². The Morgan fingerprint density at radius 3 is 2.70 bits per heavy atom. The van der Waals surface area contributed by atoms with E-state index in [2.05, 4.69) is 27.4 Å². The molecule has 1 saturated heterocycles. The van der Waals surface area contributed by atoms with Crippen LogP contribution in [0.1, 0.15) is 57.1 Å². The Morgan fingerprint density at radius 1 is 1.37 bits per heavy atom. The molecule has 0 bridgehead atoms. The van der Waals surface area contributed by atoms with Crippen molar-refractivity contribution in [3.63, 3.8) is 0 Å². The average Bonchev–Trinajstić information content (AvgIpc) is 2.94. The first-order valence-corrected chi connectivity index (χ1v) is 9.89. The summed E-state index contributed by atoms with van der Waals surface area (Å²) >= 11 is 0. The number of rotatable bonds is 7. The zero-order valence-corrected chi connectivity index (χ0v) is 19.8. The van der Waals surface area contributed by atoms with Gasteiger partial charge >= 0.3 is 0 Å². The number of aliphatic hydroxyl groups is 1. The maximum absolute atomic E-state index is 10.8. The van der Waals surface area contributed by atoms with Crippen molar-refractivity contribution in [2.75, 3.05) is 32.7 Å². The van der Waals surface area contributed by atoms with Crippen LogP contribution in [0.3, 0.4) is 0 Å². The van der Waals surface area contributed by atoms with Gasteiger partial charge in [0.1, 0.15) is 17.1 Å². The molecule has 0 amide bonds. The largest absolute Gasteiger partial charge is 0.466 e. The van der Waals surface area contributed by atoms with Crippen LogP contribution in [0, 0.1) is 13.8 Å². The van der Waals surface area contributed by atoms with E-state index in [1.807, 2.05) is 26.8 Å². The molecule has 2 heterocycles. The number of guanidine groups is 1. The summed E-state index contributed by atoms with van der Waals surface area (Å²) in [4.78, 5) is 7.13. The van der Waals surface area contributed by atoms with Crippen molar-refractivity contribution < 1.29 is 9.52 Å². The number of nitrogens with one attached hydrogen (secondary N) is 2. The molecule has 1 fully saturated rings. The monoisotopic (exact) mass is 492 g/mol. The minimum absolute atomic E-state index is 0. The molecular weight excluding hydrogens is 455 g/mol. The van der Waals surface area contributed by atoms with Crippen molar-refractivity contribution in [3.8, 4) is 0 Å². The Hall–Kier alpha value is -0.800. The van der Waals surface area contributed by atoms with Crippen molar-refractivity contribution in [1.29, 1.82) is 0 Å². The number of aliphatic imine (C=N–C) groups is 1. The Balaban J connectivity index is 0.00000364. The third-order valence-corrected chi connectivity index (χ3v) is 5.14. The second kappa shape index (κ2) is 11.3. The van der Waals surface area contributed by atoms with Crippen LogP contribution in [0.25, 0.3) is 0 Å². The summed E-state index contributed by atoms with van der Waals surface area (Å²) in [7, 11) is 0. The number of aryl methyl sites for hydroxylation is 2. The summed E-state index contributed by atoms with van der Waals surface area (Å²) in [5.41, 5.74) is -0.247. The lowest BCUT2D eigenvalue weighted by Crippen LogP contribution is -2.45. The number of hydrogen-bond donors (Lipinski definition) is 3. The van der Waals surface area contributed by atoms with Gasteiger partial charge in [0.25, 0.3) is 0 Å². The maximum atomic E-state index is 10.8. The van der Waals surface area contributed by atoms with E-state index in [1.54, 1.807) is 6.92 Å². The number of furan rings is 1. The van der Waals surface area contributed by atoms with E-state index in [9.17, 15) is 5.11 Å². The molecule has 0 radical (unpaired) electrons. The lowest BCUT2D eigenvalue weighted by Gasteiger charge is -2.33. The zero-order chi connectivity index (χ0) is 19.2. The van der Waals surface area contributed by atoms with Gasteiger partial charge in [-0.1, -0.05) is 6.42 Å². The highest BCUT2D eigenvalue weighted by Crippen LogP contribution is 2.27. The molecule has 1 aromatic heterocycles. The van der Waals surface area contributed by atoms with Crippen molar-refractivity contribution in [2.24, 2.45) is 4.99 Å². The topological polar surface area (TPSA) is 73.0 Å². The van der Waals surface area contributed by atoms with Crippen molar-refractivity contribution in [2.45, 2.75) is 65.5 Å². The molecular formula is C20H37IN4O2. The first-order chi connectivity index (χ1) is 12.3. The molecule has 0 spiro atoms. The Bertz CT molecular complexity index is 601. The van der Waals surface area contributed by atoms with E-state index in [-0.39, 0.29) is 30.5 Å². The standard InChI is InChI=1S/C20H36N4O2.HI/c1-6-21-19(22-10-12-24-11-8-7-9-15(24)2)23-14-20(5,25)18-13-16(3)26-17(18)4;/h13,15,25H,6-12,14H2,1-5H3,(H2,21,22,23);1H. The molecule has 0 saturated carbocycles. The fourth-order valence-electron chi connectivity index (χ4n) is 3.63. The van der Waals surface area contributed by atoms with Crippen molar-refractivity contribution in [3.05, 3.63) is 23.2 Å². The summed E-state index contributed by atoms with van der Waals surface area (Å²) in [6, 6.07) is 2.56. The van der Waals surface area contributed by atoms with Gasteiger partial charge in [0.15, 0.2) is 5.96 Å². The van der Waals surface area contributed by atoms with E-state index in [1.165, 1.54) is 25.8 Å². The molecule has 1 aliphatic rings. The zero-order valence-electron chi connectivity index (χ0n) is 17.5. The number of hydrogen-bond acceptors (Lipinski definition) is 4. The van der Waals surface area contributed by atoms with Gasteiger partial charge < -0.3 is 20.2 Å². The highest BCUT2D eigenvalue weighted by Gasteiger charge is 2.27. The summed E-state index contributed by atoms with van der Waals surface area (Å²) in [6.45, 7) is 14.0. The molecule has 156 valence electrons. The Kier molecular flexibility index (Phi) is 10.1. The van der Waals surface area contributed by atoms with Gasteiger partial charge in [-0.2, -0.15) is 0 Å². The van der Waals surface area contributed by atoms with Gasteiger partial charge in [-0.05, 0) is 60.1 Å². The number of halogens is 1. The fraction of sp³-hybridized carbons (Fsp3) is 0.750. The van der Waals surface area contributed by atoms with Crippen LogP contribution in [-0.4, -0.2) is 54.7 Å². The fourth-order valence-corrected chi connectivity index (χ4v) is 3.63. The van der Waals surface area contributed by atoms with Crippen LogP contribution in [-0.2, 0) is 5.60 Å². The highest BCUT2D eigenvalue weighted by atomic mass is 127. The molecule has 1 aliphatic heterocycles. The Morgan fingerprint density at radius 2 is 2.11 bits per heavy atom. The van der Waals surface area contributed by atoms with Gasteiger partial charge in [0.05, 0.1) is 6.54 Å². The molecule has 1 aromatic rings. The summed E-state index contributed by atoms with van der Waals surface area (Å²) in [6.07, 6.45) is 3.93. The predicted molar refractivity (Wildman–Crippen MR) is 122 cm³/mol. The lowest BCUT2D eigenvalue weighted by atomic mass is 9.96. The first-order valence-electron chi connectivity index (χ1n) is 9.89. The van der Waals surface area contributed by atoms with Crippen LogP contribution in [0.4, 0.5) is 0 Å². The number of nitrogens with zero attached hydrogens (tertiary/aromatic N) is 2. The normalized spacial score (nSPS) is 20.7. The van der Waals surface area contributed by atoms with Crippen LogP contribution in [0.2, 0.25) is 0 Å². The van der Waals surface area contributed by atoms with E-state index in [4.69, 9.17) is 4.42 Å². The van der Waals surface area contributed by atoms with Crippen molar-refractivity contribution >= 4 is 29.9 Å². The lowest BCUT2D eigenvalue weighted by molar-refractivity contribution is 0.0657. The van der Waals surface area contributed by atoms with E-state index >= 15 is 0 Å². The molecule has 2 atom stereocenters. The van der Waals surface area contributed by atoms with Crippen LogP contribution < -0.4 is 10.6 Å². The van der Waals surface area contributed by atoms with E-state index < -0.39 is 5.60 Å². The third-order valence-electron chi connectivity index (χ3n) is 5.14. The molecule has 3 N–H and O–H groups in total. The first kappa shape index (κ1) is 24.2. The van der Waals surface area contributed by atoms with Crippen molar-refractivity contribution in [1.82, 2.24) is 15.5 Å². The molecule has 0 aliphatic carbocycles. The Labute approximate surface area is 181 Å². The molecule has 0 aromatic carbocycles. The van der Waals surface area contributed by atoms with E-state index in [0.717, 1.165) is 42.7 Å². The molecule has 2 rings (SSSR count).